The zero-order valence-corrected chi connectivity index (χ0v) is 16.3. The molecule has 29 heavy (non-hydrogen) atoms. The van der Waals surface area contributed by atoms with Crippen molar-refractivity contribution in [1.29, 1.82) is 0 Å². The fourth-order valence-electron chi connectivity index (χ4n) is 4.09. The molecule has 7 nitrogen and oxygen atoms in total. The molecule has 1 unspecified atom stereocenters. The number of hydrogen-bond donors (Lipinski definition) is 1. The largest absolute Gasteiger partial charge is 0.323 e. The van der Waals surface area contributed by atoms with Crippen LogP contribution in [-0.4, -0.2) is 32.8 Å². The summed E-state index contributed by atoms with van der Waals surface area (Å²) >= 11 is 0. The van der Waals surface area contributed by atoms with Gasteiger partial charge in [0.05, 0.1) is 22.0 Å². The summed E-state index contributed by atoms with van der Waals surface area (Å²) in [7, 11) is -3.89. The average Bonchev–Trinajstić information content (AvgIpc) is 2.95. The lowest BCUT2D eigenvalue weighted by atomic mass is 10.1. The predicted octanol–water partition coefficient (Wildman–Crippen LogP) is 2.72. The normalized spacial score (nSPS) is 17.8. The molecule has 1 N–H and O–H groups in total. The third-order valence-corrected chi connectivity index (χ3v) is 7.29. The summed E-state index contributed by atoms with van der Waals surface area (Å²) in [6.45, 7) is 1.39. The lowest BCUT2D eigenvalue weighted by Gasteiger charge is -2.34. The average molecular weight is 407 g/mol. The van der Waals surface area contributed by atoms with E-state index in [1.807, 2.05) is 12.1 Å². The Morgan fingerprint density at radius 2 is 1.69 bits per heavy atom. The number of sulfonamides is 1. The first-order valence-corrected chi connectivity index (χ1v) is 10.6. The number of nitrogens with zero attached hydrogens (tertiary/aromatic N) is 2. The van der Waals surface area contributed by atoms with Gasteiger partial charge in [0.2, 0.25) is 5.91 Å². The van der Waals surface area contributed by atoms with E-state index in [-0.39, 0.29) is 17.3 Å². The highest BCUT2D eigenvalue weighted by Gasteiger charge is 2.43. The fourth-order valence-corrected chi connectivity index (χ4v) is 5.95. The molecule has 2 amide bonds. The van der Waals surface area contributed by atoms with Crippen LogP contribution in [0.5, 0.6) is 0 Å². The number of nitrogens with one attached hydrogen (secondary N) is 1. The van der Waals surface area contributed by atoms with E-state index in [1.54, 1.807) is 55.5 Å². The van der Waals surface area contributed by atoms with E-state index in [0.29, 0.717) is 22.4 Å². The van der Waals surface area contributed by atoms with Gasteiger partial charge in [-0.15, -0.1) is 0 Å². The van der Waals surface area contributed by atoms with Gasteiger partial charge in [-0.2, -0.15) is 0 Å². The Balaban J connectivity index is 1.60. The van der Waals surface area contributed by atoms with Gasteiger partial charge in [0.1, 0.15) is 12.6 Å². The van der Waals surface area contributed by atoms with Crippen molar-refractivity contribution in [2.75, 3.05) is 21.1 Å². The summed E-state index contributed by atoms with van der Waals surface area (Å²) in [4.78, 5) is 27.0. The lowest BCUT2D eigenvalue weighted by molar-refractivity contribution is -0.122. The third-order valence-electron chi connectivity index (χ3n) is 5.36. The van der Waals surface area contributed by atoms with Crippen molar-refractivity contribution in [3.8, 4) is 0 Å². The van der Waals surface area contributed by atoms with E-state index in [0.717, 1.165) is 5.39 Å². The molecule has 146 valence electrons. The van der Waals surface area contributed by atoms with Crippen molar-refractivity contribution in [2.45, 2.75) is 17.9 Å². The summed E-state index contributed by atoms with van der Waals surface area (Å²) < 4.78 is 27.7. The second-order valence-corrected chi connectivity index (χ2v) is 8.88. The number of benzene rings is 3. The van der Waals surface area contributed by atoms with Crippen LogP contribution in [0.15, 0.2) is 65.6 Å². The number of carbonyl (C=O) groups excluding carboxylic acids is 2. The molecule has 0 saturated carbocycles. The van der Waals surface area contributed by atoms with Gasteiger partial charge >= 0.3 is 0 Å². The summed E-state index contributed by atoms with van der Waals surface area (Å²) in [5, 5.41) is 4.15. The minimum absolute atomic E-state index is 0.161. The fraction of sp³-hybridized carbons (Fsp3) is 0.143. The summed E-state index contributed by atoms with van der Waals surface area (Å²) in [5.74, 6) is -0.778. The van der Waals surface area contributed by atoms with E-state index in [4.69, 9.17) is 0 Å². The molecule has 0 bridgehead atoms. The highest BCUT2D eigenvalue weighted by atomic mass is 32.2. The van der Waals surface area contributed by atoms with Crippen molar-refractivity contribution in [2.24, 2.45) is 0 Å². The van der Waals surface area contributed by atoms with Crippen molar-refractivity contribution >= 4 is 49.7 Å². The van der Waals surface area contributed by atoms with E-state index in [2.05, 4.69) is 5.32 Å². The summed E-state index contributed by atoms with van der Waals surface area (Å²) in [6, 6.07) is 16.4. The molecule has 0 aromatic heterocycles. The van der Waals surface area contributed by atoms with Crippen LogP contribution in [0.25, 0.3) is 10.8 Å². The minimum Gasteiger partial charge on any atom is -0.323 e. The minimum atomic E-state index is -3.89. The van der Waals surface area contributed by atoms with Crippen molar-refractivity contribution in [1.82, 2.24) is 0 Å². The zero-order valence-electron chi connectivity index (χ0n) is 15.5. The van der Waals surface area contributed by atoms with Crippen molar-refractivity contribution in [3.63, 3.8) is 0 Å². The molecule has 0 fully saturated rings. The van der Waals surface area contributed by atoms with Crippen molar-refractivity contribution in [3.05, 3.63) is 60.7 Å². The number of hydrogen-bond acceptors (Lipinski definition) is 4. The van der Waals surface area contributed by atoms with Crippen LogP contribution in [0.3, 0.4) is 0 Å². The Morgan fingerprint density at radius 3 is 2.48 bits per heavy atom. The van der Waals surface area contributed by atoms with Crippen LogP contribution in [0, 0.1) is 0 Å². The van der Waals surface area contributed by atoms with Crippen LogP contribution in [0.2, 0.25) is 0 Å². The number of amides is 2. The van der Waals surface area contributed by atoms with Crippen LogP contribution in [0.1, 0.15) is 6.92 Å². The Morgan fingerprint density at radius 1 is 1.00 bits per heavy atom. The first-order chi connectivity index (χ1) is 13.9. The van der Waals surface area contributed by atoms with Gasteiger partial charge in [0, 0.05) is 5.39 Å². The monoisotopic (exact) mass is 407 g/mol. The molecule has 3 aromatic carbocycles. The van der Waals surface area contributed by atoms with Crippen LogP contribution in [0.4, 0.5) is 17.1 Å². The second-order valence-electron chi connectivity index (χ2n) is 7.10. The highest BCUT2D eigenvalue weighted by molar-refractivity contribution is 7.93. The SMILES string of the molecule is CC(C(=O)N1CC(=O)Nc2ccccc21)N1c2cccc3cccc(c23)S1(=O)=O. The van der Waals surface area contributed by atoms with E-state index in [1.165, 1.54) is 9.21 Å². The molecule has 1 atom stereocenters. The zero-order chi connectivity index (χ0) is 20.3. The molecule has 8 heteroatoms. The van der Waals surface area contributed by atoms with E-state index < -0.39 is 22.0 Å². The van der Waals surface area contributed by atoms with Gasteiger partial charge in [-0.25, -0.2) is 8.42 Å². The molecule has 2 aliphatic rings. The quantitative estimate of drug-likeness (QED) is 0.708. The molecule has 0 aliphatic carbocycles. The van der Waals surface area contributed by atoms with E-state index >= 15 is 0 Å². The van der Waals surface area contributed by atoms with Gasteiger partial charge in [0.25, 0.3) is 15.9 Å². The molecule has 2 aliphatic heterocycles. The highest BCUT2D eigenvalue weighted by Crippen LogP contribution is 2.43. The lowest BCUT2D eigenvalue weighted by Crippen LogP contribution is -2.52. The molecule has 0 radical (unpaired) electrons. The summed E-state index contributed by atoms with van der Waals surface area (Å²) in [5.41, 5.74) is 1.56. The number of rotatable bonds is 2. The standard InChI is InChI=1S/C21H17N3O4S/c1-13(21(26)23-12-19(25)22-15-8-2-3-9-16(15)23)24-17-10-4-6-14-7-5-11-18(20(14)17)29(24,27)28/h2-11,13H,12H2,1H3,(H,22,25). The van der Waals surface area contributed by atoms with E-state index in [9.17, 15) is 18.0 Å². The maximum Gasteiger partial charge on any atom is 0.265 e. The van der Waals surface area contributed by atoms with Crippen LogP contribution in [-0.2, 0) is 19.6 Å². The first kappa shape index (κ1) is 17.7. The van der Waals surface area contributed by atoms with Crippen molar-refractivity contribution < 1.29 is 18.0 Å². The Kier molecular flexibility index (Phi) is 3.69. The Hall–Kier alpha value is -3.39. The molecule has 0 spiro atoms. The summed E-state index contributed by atoms with van der Waals surface area (Å²) in [6.07, 6.45) is 0. The van der Waals surface area contributed by atoms with Gasteiger partial charge in [-0.1, -0.05) is 36.4 Å². The second kappa shape index (κ2) is 6.05. The molecular weight excluding hydrogens is 390 g/mol. The maximum absolute atomic E-state index is 13.4. The van der Waals surface area contributed by atoms with Gasteiger partial charge in [-0.05, 0) is 36.6 Å². The number of anilines is 3. The molecular formula is C21H17N3O4S. The topological polar surface area (TPSA) is 86.8 Å². The van der Waals surface area contributed by atoms with Crippen LogP contribution >= 0.6 is 0 Å². The first-order valence-electron chi connectivity index (χ1n) is 9.16. The van der Waals surface area contributed by atoms with Gasteiger partial charge in [0.15, 0.2) is 0 Å². The third kappa shape index (κ3) is 2.45. The number of para-hydroxylation sites is 2. The smallest absolute Gasteiger partial charge is 0.265 e. The number of carbonyl (C=O) groups is 2. The van der Waals surface area contributed by atoms with Gasteiger partial charge in [-0.3, -0.25) is 18.8 Å². The Bertz CT molecular complexity index is 1300. The maximum atomic E-state index is 13.4. The van der Waals surface area contributed by atoms with Gasteiger partial charge < -0.3 is 5.32 Å². The predicted molar refractivity (Wildman–Crippen MR) is 110 cm³/mol. The number of fused-ring (bicyclic) bond motifs is 1. The molecule has 3 aromatic rings. The molecule has 5 rings (SSSR count). The Labute approximate surface area is 167 Å². The van der Waals surface area contributed by atoms with Crippen LogP contribution < -0.4 is 14.5 Å². The molecule has 2 heterocycles. The molecule has 0 saturated heterocycles.